The van der Waals surface area contributed by atoms with Crippen LogP contribution in [0.4, 0.5) is 0 Å². The van der Waals surface area contributed by atoms with E-state index in [1.165, 1.54) is 35.4 Å². The second-order valence-electron chi connectivity index (χ2n) is 6.18. The fourth-order valence-electron chi connectivity index (χ4n) is 2.61. The summed E-state index contributed by atoms with van der Waals surface area (Å²) < 4.78 is 32.3. The summed E-state index contributed by atoms with van der Waals surface area (Å²) in [6.07, 6.45) is 1.48. The second-order valence-corrected chi connectivity index (χ2v) is 8.36. The van der Waals surface area contributed by atoms with E-state index < -0.39 is 10.0 Å². The minimum absolute atomic E-state index is 0.0522. The molecule has 0 bridgehead atoms. The van der Waals surface area contributed by atoms with Crippen LogP contribution in [0.25, 0.3) is 0 Å². The van der Waals surface area contributed by atoms with Crippen molar-refractivity contribution in [2.75, 3.05) is 7.05 Å². The van der Waals surface area contributed by atoms with Crippen molar-refractivity contribution in [3.8, 4) is 0 Å². The smallest absolute Gasteiger partial charge is 0.253 e. The number of halogens is 1. The lowest BCUT2D eigenvalue weighted by Crippen LogP contribution is -2.26. The van der Waals surface area contributed by atoms with Gasteiger partial charge in [-0.1, -0.05) is 29.8 Å². The predicted molar refractivity (Wildman–Crippen MR) is 106 cm³/mol. The van der Waals surface area contributed by atoms with Crippen LogP contribution >= 0.6 is 11.6 Å². The first-order valence-electron chi connectivity index (χ1n) is 8.48. The zero-order valence-corrected chi connectivity index (χ0v) is 16.7. The monoisotopic (exact) mass is 418 g/mol. The SMILES string of the molecule is CN(Cc1ccccc1Cl)C(=O)c1ccc(S(=O)(=O)NCc2ccco2)cc1. The van der Waals surface area contributed by atoms with Crippen molar-refractivity contribution in [1.29, 1.82) is 0 Å². The fraction of sp³-hybridized carbons (Fsp3) is 0.150. The van der Waals surface area contributed by atoms with Crippen LogP contribution in [0.2, 0.25) is 5.02 Å². The number of nitrogens with one attached hydrogen (secondary N) is 1. The highest BCUT2D eigenvalue weighted by Gasteiger charge is 2.17. The van der Waals surface area contributed by atoms with Crippen LogP contribution in [0.3, 0.4) is 0 Å². The van der Waals surface area contributed by atoms with E-state index in [1.54, 1.807) is 25.2 Å². The molecule has 0 aliphatic carbocycles. The lowest BCUT2D eigenvalue weighted by Gasteiger charge is -2.18. The molecule has 1 amide bonds. The highest BCUT2D eigenvalue weighted by Crippen LogP contribution is 2.18. The minimum Gasteiger partial charge on any atom is -0.468 e. The summed E-state index contributed by atoms with van der Waals surface area (Å²) in [5, 5.41) is 0.589. The van der Waals surface area contributed by atoms with Gasteiger partial charge < -0.3 is 9.32 Å². The van der Waals surface area contributed by atoms with Gasteiger partial charge in [0.15, 0.2) is 0 Å². The number of carbonyl (C=O) groups excluding carboxylic acids is 1. The topological polar surface area (TPSA) is 79.6 Å². The summed E-state index contributed by atoms with van der Waals surface area (Å²) in [5.74, 6) is 0.281. The Morgan fingerprint density at radius 3 is 2.43 bits per heavy atom. The molecular formula is C20H19ClN2O4S. The Bertz CT molecular complexity index is 1050. The highest BCUT2D eigenvalue weighted by atomic mass is 35.5. The highest BCUT2D eigenvalue weighted by molar-refractivity contribution is 7.89. The molecule has 3 aromatic rings. The molecule has 3 rings (SSSR count). The first kappa shape index (κ1) is 20.1. The molecule has 0 atom stereocenters. The largest absolute Gasteiger partial charge is 0.468 e. The molecule has 0 spiro atoms. The van der Waals surface area contributed by atoms with Gasteiger partial charge in [-0.15, -0.1) is 0 Å². The van der Waals surface area contributed by atoms with Gasteiger partial charge in [0, 0.05) is 24.2 Å². The second kappa shape index (κ2) is 8.60. The standard InChI is InChI=1S/C20H19ClN2O4S/c1-23(14-16-5-2-3-7-19(16)21)20(24)15-8-10-18(11-9-15)28(25,26)22-13-17-6-4-12-27-17/h2-12,22H,13-14H2,1H3. The van der Waals surface area contributed by atoms with Gasteiger partial charge in [0.2, 0.25) is 10.0 Å². The first-order valence-corrected chi connectivity index (χ1v) is 10.3. The summed E-state index contributed by atoms with van der Waals surface area (Å²) in [6.45, 7) is 0.403. The van der Waals surface area contributed by atoms with Crippen LogP contribution in [0.1, 0.15) is 21.7 Å². The number of sulfonamides is 1. The molecule has 2 aromatic carbocycles. The Balaban J connectivity index is 1.67. The third kappa shape index (κ3) is 4.81. The molecule has 1 heterocycles. The fourth-order valence-corrected chi connectivity index (χ4v) is 3.80. The molecule has 8 heteroatoms. The molecular weight excluding hydrogens is 400 g/mol. The number of nitrogens with zero attached hydrogens (tertiary/aromatic N) is 1. The summed E-state index contributed by atoms with van der Waals surface area (Å²) >= 11 is 6.14. The molecule has 0 fully saturated rings. The van der Waals surface area contributed by atoms with Crippen molar-refractivity contribution < 1.29 is 17.6 Å². The Labute approximate surface area is 168 Å². The normalized spacial score (nSPS) is 11.4. The number of furan rings is 1. The van der Waals surface area contributed by atoms with E-state index in [9.17, 15) is 13.2 Å². The number of amides is 1. The number of hydrogen-bond donors (Lipinski definition) is 1. The van der Waals surface area contributed by atoms with E-state index in [-0.39, 0.29) is 17.3 Å². The van der Waals surface area contributed by atoms with Gasteiger partial charge >= 0.3 is 0 Å². The molecule has 0 aliphatic heterocycles. The van der Waals surface area contributed by atoms with E-state index >= 15 is 0 Å². The quantitative estimate of drug-likeness (QED) is 0.634. The van der Waals surface area contributed by atoms with E-state index in [2.05, 4.69) is 4.72 Å². The molecule has 1 aromatic heterocycles. The zero-order chi connectivity index (χ0) is 20.1. The van der Waals surface area contributed by atoms with Crippen molar-refractivity contribution in [2.24, 2.45) is 0 Å². The van der Waals surface area contributed by atoms with Crippen LogP contribution in [0.5, 0.6) is 0 Å². The van der Waals surface area contributed by atoms with Crippen LogP contribution in [-0.4, -0.2) is 26.3 Å². The Morgan fingerprint density at radius 1 is 1.07 bits per heavy atom. The van der Waals surface area contributed by atoms with Gasteiger partial charge in [0.25, 0.3) is 5.91 Å². The van der Waals surface area contributed by atoms with Gasteiger partial charge in [0.1, 0.15) is 5.76 Å². The van der Waals surface area contributed by atoms with Gasteiger partial charge in [-0.3, -0.25) is 4.79 Å². The summed E-state index contributed by atoms with van der Waals surface area (Å²) in [5.41, 5.74) is 1.22. The van der Waals surface area contributed by atoms with Gasteiger partial charge in [-0.25, -0.2) is 13.1 Å². The van der Waals surface area contributed by atoms with Gasteiger partial charge in [-0.05, 0) is 48.0 Å². The first-order chi connectivity index (χ1) is 13.4. The third-order valence-electron chi connectivity index (χ3n) is 4.14. The maximum absolute atomic E-state index is 12.6. The van der Waals surface area contributed by atoms with Crippen LogP contribution in [0, 0.1) is 0 Å². The average molecular weight is 419 g/mol. The zero-order valence-electron chi connectivity index (χ0n) is 15.1. The molecule has 0 unspecified atom stereocenters. The minimum atomic E-state index is -3.71. The van der Waals surface area contributed by atoms with Crippen molar-refractivity contribution in [2.45, 2.75) is 18.0 Å². The van der Waals surface area contributed by atoms with E-state index in [0.29, 0.717) is 22.9 Å². The maximum Gasteiger partial charge on any atom is 0.253 e. The molecule has 0 aliphatic rings. The third-order valence-corrected chi connectivity index (χ3v) is 5.93. The van der Waals surface area contributed by atoms with Crippen LogP contribution < -0.4 is 4.72 Å². The molecule has 146 valence electrons. The number of benzene rings is 2. The maximum atomic E-state index is 12.6. The summed E-state index contributed by atoms with van der Waals surface area (Å²) in [6, 6.07) is 16.5. The molecule has 0 saturated carbocycles. The van der Waals surface area contributed by atoms with Gasteiger partial charge in [0.05, 0.1) is 17.7 Å². The lowest BCUT2D eigenvalue weighted by molar-refractivity contribution is 0.0785. The summed E-state index contributed by atoms with van der Waals surface area (Å²) in [4.78, 5) is 14.2. The number of rotatable bonds is 7. The average Bonchev–Trinajstić information content (AvgIpc) is 3.21. The summed E-state index contributed by atoms with van der Waals surface area (Å²) in [7, 11) is -2.04. The molecule has 6 nitrogen and oxygen atoms in total. The molecule has 28 heavy (non-hydrogen) atoms. The number of carbonyl (C=O) groups is 1. The van der Waals surface area contributed by atoms with Crippen LogP contribution in [0.15, 0.2) is 76.2 Å². The van der Waals surface area contributed by atoms with E-state index in [1.807, 2.05) is 18.2 Å². The van der Waals surface area contributed by atoms with Crippen molar-refractivity contribution >= 4 is 27.5 Å². The van der Waals surface area contributed by atoms with E-state index in [0.717, 1.165) is 5.56 Å². The van der Waals surface area contributed by atoms with E-state index in [4.69, 9.17) is 16.0 Å². The van der Waals surface area contributed by atoms with Crippen molar-refractivity contribution in [3.05, 3.63) is 88.8 Å². The molecule has 0 saturated heterocycles. The van der Waals surface area contributed by atoms with Crippen molar-refractivity contribution in [3.63, 3.8) is 0 Å². The molecule has 1 N–H and O–H groups in total. The lowest BCUT2D eigenvalue weighted by atomic mass is 10.1. The molecule has 0 radical (unpaired) electrons. The van der Waals surface area contributed by atoms with Crippen molar-refractivity contribution in [1.82, 2.24) is 9.62 Å². The Hall–Kier alpha value is -2.61. The van der Waals surface area contributed by atoms with Gasteiger partial charge in [-0.2, -0.15) is 0 Å². The Morgan fingerprint density at radius 2 is 1.79 bits per heavy atom. The number of hydrogen-bond acceptors (Lipinski definition) is 4. The predicted octanol–water partition coefficient (Wildman–Crippen LogP) is 3.68. The Kier molecular flexibility index (Phi) is 6.18. The van der Waals surface area contributed by atoms with Crippen LogP contribution in [-0.2, 0) is 23.1 Å².